The van der Waals surface area contributed by atoms with Gasteiger partial charge < -0.3 is 42.2 Å². The third-order valence-electron chi connectivity index (χ3n) is 15.7. The molecule has 0 spiro atoms. The summed E-state index contributed by atoms with van der Waals surface area (Å²) in [4.78, 5) is 39.4. The van der Waals surface area contributed by atoms with Gasteiger partial charge in [-0.1, -0.05) is 54.4 Å². The molecule has 21 heteroatoms. The van der Waals surface area contributed by atoms with Gasteiger partial charge in [0.25, 0.3) is 0 Å². The second-order valence-corrected chi connectivity index (χ2v) is 22.4. The molecule has 0 saturated heterocycles. The minimum Gasteiger partial charge on any atom is -0.446 e. The SMILES string of the molecule is CC(C)[C@@H]1CC[C@@H](C)C[C@H]1OC(=O)NC1CCCC1(C)N.CC(C)[C@@H]1CC[C@@H](C)C[C@H]1OC(=O)N[C@H]1CCC[C@]1(C)Nc1cnc(C(F)(F)F)cn1.C[C@]1(Nc2cnc(C(F)(F)F)cn2)CCC[C@@H]1N.Cl. The van der Waals surface area contributed by atoms with Crippen LogP contribution in [-0.4, -0.2) is 79.1 Å². The molecule has 0 bridgehead atoms. The van der Waals surface area contributed by atoms with Crippen LogP contribution >= 0.6 is 12.4 Å². The number of anilines is 2. The largest absolute Gasteiger partial charge is 0.446 e. The topological polar surface area (TPSA) is 204 Å². The molecule has 2 heterocycles. The molecular formula is C50H81ClF6N10O4. The number of carbonyl (C=O) groups is 2. The molecule has 5 saturated carbocycles. The molecule has 12 atom stereocenters. The lowest BCUT2D eigenvalue weighted by molar-refractivity contribution is -0.142. The number of alkyl halides is 6. The Labute approximate surface area is 422 Å². The maximum Gasteiger partial charge on any atom is 0.434 e. The number of rotatable bonds is 10. The third-order valence-corrected chi connectivity index (χ3v) is 15.7. The van der Waals surface area contributed by atoms with E-state index in [4.69, 9.17) is 20.9 Å². The molecule has 8 N–H and O–H groups in total. The van der Waals surface area contributed by atoms with E-state index in [0.717, 1.165) is 108 Å². The van der Waals surface area contributed by atoms with E-state index in [0.29, 0.717) is 47.5 Å². The summed E-state index contributed by atoms with van der Waals surface area (Å²) in [5.41, 5.74) is 9.00. The number of hydrogen-bond donors (Lipinski definition) is 6. The van der Waals surface area contributed by atoms with Crippen LogP contribution in [0.5, 0.6) is 0 Å². The van der Waals surface area contributed by atoms with Crippen LogP contribution in [0.3, 0.4) is 0 Å². The summed E-state index contributed by atoms with van der Waals surface area (Å²) in [7, 11) is 0. The number of alkyl carbamates (subject to hydrolysis) is 2. The van der Waals surface area contributed by atoms with Crippen molar-refractivity contribution in [1.82, 2.24) is 30.6 Å². The zero-order valence-electron chi connectivity index (χ0n) is 43.0. The highest BCUT2D eigenvalue weighted by molar-refractivity contribution is 5.85. The van der Waals surface area contributed by atoms with Gasteiger partial charge in [0.1, 0.15) is 23.8 Å². The first-order chi connectivity index (χ1) is 32.6. The summed E-state index contributed by atoms with van der Waals surface area (Å²) in [6.07, 6.45) is 8.52. The van der Waals surface area contributed by atoms with E-state index in [1.54, 1.807) is 0 Å². The molecule has 14 nitrogen and oxygen atoms in total. The van der Waals surface area contributed by atoms with Crippen LogP contribution in [0.15, 0.2) is 24.8 Å². The number of amides is 2. The van der Waals surface area contributed by atoms with E-state index >= 15 is 0 Å². The molecule has 0 aromatic carbocycles. The van der Waals surface area contributed by atoms with Gasteiger partial charge >= 0.3 is 24.5 Å². The van der Waals surface area contributed by atoms with Crippen LogP contribution in [-0.2, 0) is 21.8 Å². The predicted molar refractivity (Wildman–Crippen MR) is 265 cm³/mol. The Balaban J connectivity index is 0.000000240. The number of nitrogens with two attached hydrogens (primary N) is 2. The molecule has 0 aliphatic heterocycles. The first kappa shape index (κ1) is 59.7. The van der Waals surface area contributed by atoms with Gasteiger partial charge in [-0.3, -0.25) is 0 Å². The third kappa shape index (κ3) is 16.8. The van der Waals surface area contributed by atoms with Crippen LogP contribution in [0.4, 0.5) is 47.6 Å². The lowest BCUT2D eigenvalue weighted by Gasteiger charge is -2.38. The highest BCUT2D eigenvalue weighted by Crippen LogP contribution is 2.39. The number of carbonyl (C=O) groups excluding carboxylic acids is 2. The Hall–Kier alpha value is -3.91. The zero-order valence-corrected chi connectivity index (χ0v) is 43.8. The predicted octanol–water partition coefficient (Wildman–Crippen LogP) is 11.4. The maximum absolute atomic E-state index is 12.7. The van der Waals surface area contributed by atoms with Gasteiger partial charge in [0, 0.05) is 17.6 Å². The van der Waals surface area contributed by atoms with Gasteiger partial charge in [-0.2, -0.15) is 26.3 Å². The van der Waals surface area contributed by atoms with E-state index in [1.807, 2.05) is 20.8 Å². The number of nitrogens with zero attached hydrogens (tertiary/aromatic N) is 4. The summed E-state index contributed by atoms with van der Waals surface area (Å²) >= 11 is 0. The normalized spacial score (nSPS) is 32.9. The van der Waals surface area contributed by atoms with Gasteiger partial charge in [0.05, 0.1) is 41.9 Å². The first-order valence-electron chi connectivity index (χ1n) is 25.4. The Morgan fingerprint density at radius 3 is 1.41 bits per heavy atom. The van der Waals surface area contributed by atoms with Crippen molar-refractivity contribution in [3.63, 3.8) is 0 Å². The van der Waals surface area contributed by atoms with Gasteiger partial charge in [0.15, 0.2) is 11.4 Å². The van der Waals surface area contributed by atoms with Crippen LogP contribution in [0, 0.1) is 35.5 Å². The van der Waals surface area contributed by atoms with Gasteiger partial charge in [-0.15, -0.1) is 12.4 Å². The second kappa shape index (κ2) is 24.9. The minimum absolute atomic E-state index is 0. The van der Waals surface area contributed by atoms with E-state index in [-0.39, 0.29) is 65.7 Å². The molecule has 71 heavy (non-hydrogen) atoms. The lowest BCUT2D eigenvalue weighted by atomic mass is 9.75. The summed E-state index contributed by atoms with van der Waals surface area (Å²) in [5.74, 6) is 3.59. The van der Waals surface area contributed by atoms with Crippen LogP contribution in [0.25, 0.3) is 0 Å². The minimum atomic E-state index is -4.53. The van der Waals surface area contributed by atoms with Crippen LogP contribution < -0.4 is 32.7 Å². The van der Waals surface area contributed by atoms with E-state index in [9.17, 15) is 35.9 Å². The van der Waals surface area contributed by atoms with Crippen molar-refractivity contribution in [2.75, 3.05) is 10.6 Å². The van der Waals surface area contributed by atoms with Crippen molar-refractivity contribution in [2.24, 2.45) is 47.0 Å². The fraction of sp³-hybridized carbons (Fsp3) is 0.800. The van der Waals surface area contributed by atoms with Gasteiger partial charge in [0.2, 0.25) is 0 Å². The van der Waals surface area contributed by atoms with Crippen molar-refractivity contribution in [2.45, 2.75) is 218 Å². The van der Waals surface area contributed by atoms with E-state index < -0.39 is 35.4 Å². The molecule has 404 valence electrons. The van der Waals surface area contributed by atoms with Crippen molar-refractivity contribution >= 4 is 36.2 Å². The number of hydrogen-bond acceptors (Lipinski definition) is 12. The lowest BCUT2D eigenvalue weighted by Crippen LogP contribution is -2.53. The summed E-state index contributed by atoms with van der Waals surface area (Å²) < 4.78 is 86.8. The van der Waals surface area contributed by atoms with Gasteiger partial charge in [-0.05, 0) is 140 Å². The molecule has 5 fully saturated rings. The fourth-order valence-corrected chi connectivity index (χ4v) is 11.1. The van der Waals surface area contributed by atoms with Crippen molar-refractivity contribution in [1.29, 1.82) is 0 Å². The molecule has 5 aliphatic carbocycles. The van der Waals surface area contributed by atoms with Crippen LogP contribution in [0.2, 0.25) is 0 Å². The summed E-state index contributed by atoms with van der Waals surface area (Å²) in [6, 6.07) is -0.201. The molecule has 7 rings (SSSR count). The Morgan fingerprint density at radius 2 is 1.03 bits per heavy atom. The average Bonchev–Trinajstić information content (AvgIpc) is 3.90. The maximum atomic E-state index is 12.7. The number of halogens is 7. The highest BCUT2D eigenvalue weighted by atomic mass is 35.5. The number of ether oxygens (including phenoxy) is 2. The Kier molecular flexibility index (Phi) is 20.9. The van der Waals surface area contributed by atoms with Crippen molar-refractivity contribution in [3.05, 3.63) is 36.2 Å². The van der Waals surface area contributed by atoms with Gasteiger partial charge in [-0.25, -0.2) is 29.5 Å². The fourth-order valence-electron chi connectivity index (χ4n) is 11.1. The molecule has 2 aromatic rings. The smallest absolute Gasteiger partial charge is 0.434 e. The number of nitrogens with one attached hydrogen (secondary N) is 4. The average molecular weight is 1040 g/mol. The van der Waals surface area contributed by atoms with Crippen molar-refractivity contribution in [3.8, 4) is 0 Å². The van der Waals surface area contributed by atoms with E-state index in [2.05, 4.69) is 82.7 Å². The molecule has 2 amide bonds. The summed E-state index contributed by atoms with van der Waals surface area (Å²) in [6.45, 7) is 19.1. The second-order valence-electron chi connectivity index (χ2n) is 22.4. The monoisotopic (exact) mass is 1030 g/mol. The standard InChI is InChI=1S/C22H33F3N4O2.C17H32N2O2.C11H15F3N4.ClH/c1-13(2)15-8-7-14(3)10-16(15)31-20(30)28-17-6-5-9-21(17,4)29-19-12-26-18(11-27-19)22(23,24)25;1-11(2)13-8-7-12(3)10-14(13)21-16(20)19-15-6-5-9-17(15,4)18;1-10(4-2-3-7(10)15)18-9-6-16-8(5-17-9)11(12,13)14;/h11-17H,5-10H2,1-4H3,(H,27,29)(H,28,30);11-15H,5-10,18H2,1-4H3,(H,19,20);5-7H,2-4,15H2,1H3,(H,17,18);1H/t14-,15+,16-,17+,21+;12-,13+,14-,15?,17?;7-,10-;/m110./s1. The summed E-state index contributed by atoms with van der Waals surface area (Å²) in [5, 5.41) is 12.3. The molecule has 5 aliphatic rings. The highest BCUT2D eigenvalue weighted by Gasteiger charge is 2.43. The molecular weight excluding hydrogens is 954 g/mol. The molecule has 0 radical (unpaired) electrons. The zero-order chi connectivity index (χ0) is 51.8. The number of aromatic nitrogens is 4. The first-order valence-corrected chi connectivity index (χ1v) is 25.4. The Morgan fingerprint density at radius 1 is 0.620 bits per heavy atom. The molecule has 2 unspecified atom stereocenters. The van der Waals surface area contributed by atoms with E-state index in [1.165, 1.54) is 6.42 Å². The Bertz CT molecular complexity index is 1980. The quantitative estimate of drug-likeness (QED) is 0.123. The molecule has 2 aromatic heterocycles. The van der Waals surface area contributed by atoms with Crippen LogP contribution in [0.1, 0.15) is 170 Å². The van der Waals surface area contributed by atoms with Crippen molar-refractivity contribution < 1.29 is 45.4 Å².